The highest BCUT2D eigenvalue weighted by Crippen LogP contribution is 2.35. The number of nitrogens with zero attached hydrogens (tertiary/aromatic N) is 2. The summed E-state index contributed by atoms with van der Waals surface area (Å²) in [7, 11) is 0. The van der Waals surface area contributed by atoms with Gasteiger partial charge in [-0.05, 0) is 49.4 Å². The zero-order valence-electron chi connectivity index (χ0n) is 15.1. The van der Waals surface area contributed by atoms with Crippen molar-refractivity contribution < 1.29 is 9.53 Å². The van der Waals surface area contributed by atoms with Crippen LogP contribution in [-0.4, -0.2) is 36.2 Å². The summed E-state index contributed by atoms with van der Waals surface area (Å²) in [6, 6.07) is 12.5. The molecule has 136 valence electrons. The Hall–Kier alpha value is -2.40. The average molecular weight is 351 g/mol. The molecule has 2 saturated heterocycles. The highest BCUT2D eigenvalue weighted by Gasteiger charge is 2.41. The Labute approximate surface area is 154 Å². The van der Waals surface area contributed by atoms with Crippen LogP contribution in [0.3, 0.4) is 0 Å². The Balaban J connectivity index is 1.32. The lowest BCUT2D eigenvalue weighted by atomic mass is 9.91. The number of rotatable bonds is 4. The van der Waals surface area contributed by atoms with E-state index >= 15 is 0 Å². The molecule has 0 radical (unpaired) electrons. The maximum atomic E-state index is 12.5. The van der Waals surface area contributed by atoms with Crippen LogP contribution in [0.4, 0.5) is 5.69 Å². The number of aryl methyl sites for hydroxylation is 1. The molecular formula is C21H25N3O2. The third-order valence-corrected chi connectivity index (χ3v) is 5.43. The van der Waals surface area contributed by atoms with E-state index < -0.39 is 0 Å². The van der Waals surface area contributed by atoms with E-state index in [2.05, 4.69) is 46.4 Å². The maximum absolute atomic E-state index is 12.5. The van der Waals surface area contributed by atoms with Crippen molar-refractivity contribution in [3.8, 4) is 0 Å². The standard InChI is InChI=1S/C21H25N3O2/c1-15-4-6-18(7-5-15)24-10-8-17-11-19(26-20(17)14-24)21(25)23-13-16-3-2-9-22-12-16/h2-7,9,12,17,19-20H,8,10-11,13-14H2,1H3,(H,23,25)/t17-,19-,20+/m1/s1. The minimum absolute atomic E-state index is 0.00913. The van der Waals surface area contributed by atoms with Crippen LogP contribution in [0, 0.1) is 12.8 Å². The number of benzene rings is 1. The van der Waals surface area contributed by atoms with E-state index in [1.54, 1.807) is 12.4 Å². The van der Waals surface area contributed by atoms with Gasteiger partial charge >= 0.3 is 0 Å². The molecule has 4 rings (SSSR count). The van der Waals surface area contributed by atoms with Gasteiger partial charge in [-0.15, -0.1) is 0 Å². The van der Waals surface area contributed by atoms with Crippen LogP contribution >= 0.6 is 0 Å². The van der Waals surface area contributed by atoms with Gasteiger partial charge < -0.3 is 15.0 Å². The number of ether oxygens (including phenoxy) is 1. The number of carbonyl (C=O) groups is 1. The molecular weight excluding hydrogens is 326 g/mol. The lowest BCUT2D eigenvalue weighted by Crippen LogP contribution is -2.42. The number of aromatic nitrogens is 1. The Morgan fingerprint density at radius 1 is 1.31 bits per heavy atom. The van der Waals surface area contributed by atoms with Crippen molar-refractivity contribution in [1.82, 2.24) is 10.3 Å². The fraction of sp³-hybridized carbons (Fsp3) is 0.429. The van der Waals surface area contributed by atoms with E-state index in [1.165, 1.54) is 11.3 Å². The highest BCUT2D eigenvalue weighted by atomic mass is 16.5. The minimum atomic E-state index is -0.334. The molecule has 2 aliphatic heterocycles. The lowest BCUT2D eigenvalue weighted by molar-refractivity contribution is -0.132. The third-order valence-electron chi connectivity index (χ3n) is 5.43. The molecule has 3 atom stereocenters. The van der Waals surface area contributed by atoms with Crippen LogP contribution in [0.2, 0.25) is 0 Å². The summed E-state index contributed by atoms with van der Waals surface area (Å²) in [4.78, 5) is 18.9. The summed E-state index contributed by atoms with van der Waals surface area (Å²) >= 11 is 0. The van der Waals surface area contributed by atoms with Crippen molar-refractivity contribution >= 4 is 11.6 Å². The van der Waals surface area contributed by atoms with E-state index in [0.717, 1.165) is 31.5 Å². The van der Waals surface area contributed by atoms with E-state index in [0.29, 0.717) is 12.5 Å². The number of piperidine rings is 1. The molecule has 1 amide bonds. The topological polar surface area (TPSA) is 54.5 Å². The van der Waals surface area contributed by atoms with Gasteiger partial charge in [0.05, 0.1) is 6.10 Å². The van der Waals surface area contributed by atoms with Crippen LogP contribution in [0.1, 0.15) is 24.0 Å². The molecule has 2 aliphatic rings. The highest BCUT2D eigenvalue weighted by molar-refractivity contribution is 5.81. The first-order valence-electron chi connectivity index (χ1n) is 9.33. The van der Waals surface area contributed by atoms with E-state index in [9.17, 15) is 4.79 Å². The Bertz CT molecular complexity index is 748. The van der Waals surface area contributed by atoms with Gasteiger partial charge in [-0.3, -0.25) is 9.78 Å². The van der Waals surface area contributed by atoms with Crippen LogP contribution < -0.4 is 10.2 Å². The fourth-order valence-electron chi connectivity index (χ4n) is 3.90. The van der Waals surface area contributed by atoms with Crippen LogP contribution in [0.25, 0.3) is 0 Å². The first-order valence-corrected chi connectivity index (χ1v) is 9.33. The molecule has 2 aromatic rings. The maximum Gasteiger partial charge on any atom is 0.249 e. The molecule has 3 heterocycles. The molecule has 1 aromatic heterocycles. The number of hydrogen-bond acceptors (Lipinski definition) is 4. The summed E-state index contributed by atoms with van der Waals surface area (Å²) in [5, 5.41) is 2.98. The molecule has 5 nitrogen and oxygen atoms in total. The van der Waals surface area contributed by atoms with Crippen LogP contribution in [-0.2, 0) is 16.1 Å². The Kier molecular flexibility index (Phi) is 4.89. The second kappa shape index (κ2) is 7.46. The number of hydrogen-bond donors (Lipinski definition) is 1. The molecule has 0 bridgehead atoms. The fourth-order valence-corrected chi connectivity index (χ4v) is 3.90. The van der Waals surface area contributed by atoms with Gasteiger partial charge in [0.2, 0.25) is 5.91 Å². The monoisotopic (exact) mass is 351 g/mol. The largest absolute Gasteiger partial charge is 0.369 e. The summed E-state index contributed by atoms with van der Waals surface area (Å²) in [6.07, 6.45) is 5.21. The number of fused-ring (bicyclic) bond motifs is 1. The summed E-state index contributed by atoms with van der Waals surface area (Å²) in [5.74, 6) is 0.468. The molecule has 0 aliphatic carbocycles. The van der Waals surface area contributed by atoms with E-state index in [1.807, 2.05) is 12.1 Å². The van der Waals surface area contributed by atoms with Crippen molar-refractivity contribution in [2.45, 2.75) is 38.5 Å². The lowest BCUT2D eigenvalue weighted by Gasteiger charge is -2.35. The number of carbonyl (C=O) groups excluding carboxylic acids is 1. The molecule has 0 saturated carbocycles. The molecule has 0 spiro atoms. The molecule has 2 fully saturated rings. The summed E-state index contributed by atoms with van der Waals surface area (Å²) < 4.78 is 6.12. The summed E-state index contributed by atoms with van der Waals surface area (Å²) in [6.45, 7) is 4.49. The van der Waals surface area contributed by atoms with Crippen molar-refractivity contribution in [2.24, 2.45) is 5.92 Å². The molecule has 5 heteroatoms. The van der Waals surface area contributed by atoms with Gasteiger partial charge in [0.15, 0.2) is 0 Å². The van der Waals surface area contributed by atoms with E-state index in [-0.39, 0.29) is 18.1 Å². The quantitative estimate of drug-likeness (QED) is 0.920. The van der Waals surface area contributed by atoms with Crippen molar-refractivity contribution in [2.75, 3.05) is 18.0 Å². The summed E-state index contributed by atoms with van der Waals surface area (Å²) in [5.41, 5.74) is 3.51. The van der Waals surface area contributed by atoms with E-state index in [4.69, 9.17) is 4.74 Å². The molecule has 1 N–H and O–H groups in total. The minimum Gasteiger partial charge on any atom is -0.369 e. The second-order valence-electron chi connectivity index (χ2n) is 7.31. The van der Waals surface area contributed by atoms with Gasteiger partial charge in [0.1, 0.15) is 6.10 Å². The molecule has 0 unspecified atom stereocenters. The third kappa shape index (κ3) is 3.73. The predicted octanol–water partition coefficient (Wildman–Crippen LogP) is 2.69. The number of anilines is 1. The normalized spacial score (nSPS) is 25.0. The second-order valence-corrected chi connectivity index (χ2v) is 7.31. The Morgan fingerprint density at radius 3 is 2.92 bits per heavy atom. The van der Waals surface area contributed by atoms with Crippen molar-refractivity contribution in [3.05, 3.63) is 59.9 Å². The smallest absolute Gasteiger partial charge is 0.249 e. The number of nitrogens with one attached hydrogen (secondary N) is 1. The molecule has 26 heavy (non-hydrogen) atoms. The Morgan fingerprint density at radius 2 is 2.15 bits per heavy atom. The van der Waals surface area contributed by atoms with Gasteiger partial charge in [-0.1, -0.05) is 23.8 Å². The van der Waals surface area contributed by atoms with Gasteiger partial charge in [-0.25, -0.2) is 0 Å². The zero-order valence-corrected chi connectivity index (χ0v) is 15.1. The van der Waals surface area contributed by atoms with Crippen LogP contribution in [0.5, 0.6) is 0 Å². The van der Waals surface area contributed by atoms with Crippen molar-refractivity contribution in [3.63, 3.8) is 0 Å². The zero-order chi connectivity index (χ0) is 17.9. The van der Waals surface area contributed by atoms with Crippen LogP contribution in [0.15, 0.2) is 48.8 Å². The first kappa shape index (κ1) is 17.0. The number of pyridine rings is 1. The van der Waals surface area contributed by atoms with Gasteiger partial charge in [0, 0.05) is 37.7 Å². The average Bonchev–Trinajstić information content (AvgIpc) is 3.11. The van der Waals surface area contributed by atoms with Gasteiger partial charge in [0.25, 0.3) is 0 Å². The molecule has 1 aromatic carbocycles. The SMILES string of the molecule is Cc1ccc(N2CC[C@@H]3C[C@H](C(=O)NCc4cccnc4)O[C@H]3C2)cc1. The number of amides is 1. The van der Waals surface area contributed by atoms with Gasteiger partial charge in [-0.2, -0.15) is 0 Å². The predicted molar refractivity (Wildman–Crippen MR) is 101 cm³/mol. The first-order chi connectivity index (χ1) is 12.7. The van der Waals surface area contributed by atoms with Crippen molar-refractivity contribution in [1.29, 1.82) is 0 Å².